The summed E-state index contributed by atoms with van der Waals surface area (Å²) in [5.41, 5.74) is -0.810. The van der Waals surface area contributed by atoms with E-state index in [2.05, 4.69) is 0 Å². The Labute approximate surface area is 98.0 Å². The lowest BCUT2D eigenvalue weighted by molar-refractivity contribution is -0.138. The average Bonchev–Trinajstić information content (AvgIpc) is 2.15. The number of halogens is 2. The molecular formula is C12H14F2O3. The molecule has 0 saturated carbocycles. The molecular weight excluding hydrogens is 230 g/mol. The summed E-state index contributed by atoms with van der Waals surface area (Å²) in [5.74, 6) is -2.72. The number of methoxy groups -OCH3 is 1. The van der Waals surface area contributed by atoms with Crippen molar-refractivity contribution in [2.24, 2.45) is 0 Å². The van der Waals surface area contributed by atoms with Crippen molar-refractivity contribution in [3.63, 3.8) is 0 Å². The third kappa shape index (κ3) is 2.93. The van der Waals surface area contributed by atoms with E-state index in [0.29, 0.717) is 6.07 Å². The molecule has 0 radical (unpaired) electrons. The molecule has 0 saturated heterocycles. The lowest BCUT2D eigenvalue weighted by atomic mass is 9.81. The number of hydrogen-bond acceptors (Lipinski definition) is 2. The molecule has 17 heavy (non-hydrogen) atoms. The first kappa shape index (κ1) is 13.4. The molecule has 1 aromatic rings. The first-order valence-electron chi connectivity index (χ1n) is 5.03. The number of carboxylic acid groups (broad SMARTS) is 1. The third-order valence-electron chi connectivity index (χ3n) is 2.56. The van der Waals surface area contributed by atoms with Crippen LogP contribution >= 0.6 is 0 Å². The second-order valence-electron chi connectivity index (χ2n) is 4.42. The highest BCUT2D eigenvalue weighted by molar-refractivity contribution is 5.69. The summed E-state index contributed by atoms with van der Waals surface area (Å²) in [4.78, 5) is 10.7. The quantitative estimate of drug-likeness (QED) is 0.885. The predicted octanol–water partition coefficient (Wildman–Crippen LogP) is 2.73. The SMILES string of the molecule is COc1cc(C(C)(C)CC(=O)O)c(F)cc1F. The fraction of sp³-hybridized carbons (Fsp3) is 0.417. The van der Waals surface area contributed by atoms with E-state index in [1.54, 1.807) is 13.8 Å². The molecule has 0 heterocycles. The molecule has 0 bridgehead atoms. The summed E-state index contributed by atoms with van der Waals surface area (Å²) < 4.78 is 31.6. The van der Waals surface area contributed by atoms with Gasteiger partial charge in [0.2, 0.25) is 0 Å². The van der Waals surface area contributed by atoms with Crippen LogP contribution in [0.25, 0.3) is 0 Å². The van der Waals surface area contributed by atoms with E-state index in [1.807, 2.05) is 0 Å². The molecule has 0 aromatic heterocycles. The molecule has 1 aromatic carbocycles. The standard InChI is InChI=1S/C12H14F2O3/c1-12(2,6-11(15)16)7-4-10(17-3)9(14)5-8(7)13/h4-5H,6H2,1-3H3,(H,15,16). The maximum Gasteiger partial charge on any atom is 0.304 e. The first-order chi connectivity index (χ1) is 7.77. The maximum atomic E-state index is 13.6. The molecule has 0 aliphatic heterocycles. The zero-order valence-corrected chi connectivity index (χ0v) is 9.88. The van der Waals surface area contributed by atoms with Gasteiger partial charge in [0.15, 0.2) is 11.6 Å². The van der Waals surface area contributed by atoms with Gasteiger partial charge in [-0.1, -0.05) is 13.8 Å². The molecule has 0 fully saturated rings. The highest BCUT2D eigenvalue weighted by atomic mass is 19.1. The van der Waals surface area contributed by atoms with Crippen LogP contribution in [0.3, 0.4) is 0 Å². The van der Waals surface area contributed by atoms with Gasteiger partial charge < -0.3 is 9.84 Å². The van der Waals surface area contributed by atoms with Gasteiger partial charge in [-0.25, -0.2) is 8.78 Å². The van der Waals surface area contributed by atoms with Crippen LogP contribution in [0.15, 0.2) is 12.1 Å². The Morgan fingerprint density at radius 1 is 1.35 bits per heavy atom. The second-order valence-corrected chi connectivity index (χ2v) is 4.42. The van der Waals surface area contributed by atoms with Crippen LogP contribution in [0.5, 0.6) is 5.75 Å². The van der Waals surface area contributed by atoms with Gasteiger partial charge in [0.1, 0.15) is 5.82 Å². The minimum absolute atomic E-state index is 0.0973. The van der Waals surface area contributed by atoms with Crippen molar-refractivity contribution in [1.82, 2.24) is 0 Å². The van der Waals surface area contributed by atoms with Crippen molar-refractivity contribution in [3.8, 4) is 5.75 Å². The monoisotopic (exact) mass is 244 g/mol. The van der Waals surface area contributed by atoms with Crippen molar-refractivity contribution in [3.05, 3.63) is 29.3 Å². The summed E-state index contributed by atoms with van der Waals surface area (Å²) in [6.07, 6.45) is -0.251. The van der Waals surface area contributed by atoms with Gasteiger partial charge in [-0.3, -0.25) is 4.79 Å². The Hall–Kier alpha value is -1.65. The lowest BCUT2D eigenvalue weighted by Gasteiger charge is -2.24. The van der Waals surface area contributed by atoms with Crippen LogP contribution < -0.4 is 4.74 Å². The Bertz CT molecular complexity index is 442. The summed E-state index contributed by atoms with van der Waals surface area (Å²) in [5, 5.41) is 8.75. The molecule has 0 amide bonds. The van der Waals surface area contributed by atoms with Gasteiger partial charge in [0, 0.05) is 11.5 Å². The Balaban J connectivity index is 3.25. The fourth-order valence-electron chi connectivity index (χ4n) is 1.68. The van der Waals surface area contributed by atoms with Crippen LogP contribution in [-0.4, -0.2) is 18.2 Å². The van der Waals surface area contributed by atoms with E-state index in [9.17, 15) is 13.6 Å². The smallest absolute Gasteiger partial charge is 0.304 e. The van der Waals surface area contributed by atoms with Crippen LogP contribution in [0.2, 0.25) is 0 Å². The van der Waals surface area contributed by atoms with E-state index in [-0.39, 0.29) is 17.7 Å². The largest absolute Gasteiger partial charge is 0.494 e. The topological polar surface area (TPSA) is 46.5 Å². The number of rotatable bonds is 4. The Morgan fingerprint density at radius 2 is 1.94 bits per heavy atom. The fourth-order valence-corrected chi connectivity index (χ4v) is 1.68. The zero-order chi connectivity index (χ0) is 13.2. The number of aliphatic carboxylic acids is 1. The molecule has 5 heteroatoms. The lowest BCUT2D eigenvalue weighted by Crippen LogP contribution is -2.23. The molecule has 94 valence electrons. The third-order valence-corrected chi connectivity index (χ3v) is 2.56. The van der Waals surface area contributed by atoms with E-state index in [0.717, 1.165) is 0 Å². The van der Waals surface area contributed by atoms with Crippen LogP contribution in [0.1, 0.15) is 25.8 Å². The van der Waals surface area contributed by atoms with Gasteiger partial charge in [0.25, 0.3) is 0 Å². The summed E-state index contributed by atoms with van der Waals surface area (Å²) in [6, 6.07) is 1.91. The van der Waals surface area contributed by atoms with Crippen molar-refractivity contribution < 1.29 is 23.4 Å². The number of carbonyl (C=O) groups is 1. The minimum Gasteiger partial charge on any atom is -0.494 e. The van der Waals surface area contributed by atoms with Crippen LogP contribution in [0, 0.1) is 11.6 Å². The summed E-state index contributed by atoms with van der Waals surface area (Å²) in [6.45, 7) is 3.16. The molecule has 3 nitrogen and oxygen atoms in total. The zero-order valence-electron chi connectivity index (χ0n) is 9.88. The number of benzene rings is 1. The van der Waals surface area contributed by atoms with Crippen molar-refractivity contribution >= 4 is 5.97 Å². The molecule has 0 spiro atoms. The number of ether oxygens (including phenoxy) is 1. The van der Waals surface area contributed by atoms with Crippen molar-refractivity contribution in [2.75, 3.05) is 7.11 Å². The van der Waals surface area contributed by atoms with E-state index < -0.39 is 23.0 Å². The molecule has 0 aliphatic rings. The maximum absolute atomic E-state index is 13.6. The van der Waals surface area contributed by atoms with Gasteiger partial charge in [-0.05, 0) is 11.6 Å². The molecule has 0 aliphatic carbocycles. The van der Waals surface area contributed by atoms with Gasteiger partial charge in [0.05, 0.1) is 13.5 Å². The average molecular weight is 244 g/mol. The Morgan fingerprint density at radius 3 is 2.41 bits per heavy atom. The van der Waals surface area contributed by atoms with E-state index in [1.165, 1.54) is 13.2 Å². The highest BCUT2D eigenvalue weighted by Gasteiger charge is 2.28. The van der Waals surface area contributed by atoms with E-state index in [4.69, 9.17) is 9.84 Å². The summed E-state index contributed by atoms with van der Waals surface area (Å²) in [7, 11) is 1.27. The number of carboxylic acids is 1. The highest BCUT2D eigenvalue weighted by Crippen LogP contribution is 2.33. The van der Waals surface area contributed by atoms with Crippen molar-refractivity contribution in [1.29, 1.82) is 0 Å². The predicted molar refractivity (Wildman–Crippen MR) is 58.2 cm³/mol. The summed E-state index contributed by atoms with van der Waals surface area (Å²) >= 11 is 0. The van der Waals surface area contributed by atoms with Gasteiger partial charge >= 0.3 is 5.97 Å². The normalized spacial score (nSPS) is 11.4. The molecule has 1 rings (SSSR count). The number of hydrogen-bond donors (Lipinski definition) is 1. The van der Waals surface area contributed by atoms with Gasteiger partial charge in [-0.2, -0.15) is 0 Å². The van der Waals surface area contributed by atoms with Crippen LogP contribution in [0.4, 0.5) is 8.78 Å². The molecule has 1 N–H and O–H groups in total. The van der Waals surface area contributed by atoms with Crippen LogP contribution in [-0.2, 0) is 10.2 Å². The second kappa shape index (κ2) is 4.69. The first-order valence-corrected chi connectivity index (χ1v) is 5.03. The minimum atomic E-state index is -1.04. The van der Waals surface area contributed by atoms with Crippen molar-refractivity contribution in [2.45, 2.75) is 25.7 Å². The Kier molecular flexibility index (Phi) is 3.70. The molecule has 0 atom stereocenters. The molecule has 0 unspecified atom stereocenters. The van der Waals surface area contributed by atoms with E-state index >= 15 is 0 Å². The van der Waals surface area contributed by atoms with Gasteiger partial charge in [-0.15, -0.1) is 0 Å².